The summed E-state index contributed by atoms with van der Waals surface area (Å²) in [5, 5.41) is 16.6. The molecule has 0 bridgehead atoms. The molecule has 2 heterocycles. The van der Waals surface area contributed by atoms with Gasteiger partial charge in [-0.25, -0.2) is 0 Å². The summed E-state index contributed by atoms with van der Waals surface area (Å²) >= 11 is 7.41. The summed E-state index contributed by atoms with van der Waals surface area (Å²) in [6.07, 6.45) is 4.49. The van der Waals surface area contributed by atoms with Gasteiger partial charge in [-0.05, 0) is 56.0 Å². The van der Waals surface area contributed by atoms with Crippen LogP contribution in [0.2, 0.25) is 5.02 Å². The standard InChI is InChI=1S/C17H21ClN4OS/c18-14-3-1-2-13(10-14)11-16-21-22-17(24-16)20-15(23)5-4-12-6-8-19-9-7-12/h1-3,10,12,19H,4-9,11H2,(H,20,22,23). The topological polar surface area (TPSA) is 66.9 Å². The molecule has 0 unspecified atom stereocenters. The maximum atomic E-state index is 12.1. The molecule has 1 aliphatic rings. The Balaban J connectivity index is 1.47. The van der Waals surface area contributed by atoms with Gasteiger partial charge in [-0.2, -0.15) is 0 Å². The molecular formula is C17H21ClN4OS. The number of amides is 1. The predicted molar refractivity (Wildman–Crippen MR) is 97.6 cm³/mol. The third-order valence-electron chi connectivity index (χ3n) is 4.20. The first kappa shape index (κ1) is 17.3. The van der Waals surface area contributed by atoms with E-state index in [4.69, 9.17) is 11.6 Å². The van der Waals surface area contributed by atoms with E-state index in [0.29, 0.717) is 28.9 Å². The lowest BCUT2D eigenvalue weighted by Gasteiger charge is -2.21. The average Bonchev–Trinajstić information content (AvgIpc) is 3.01. The molecule has 1 fully saturated rings. The Bertz CT molecular complexity index is 685. The highest BCUT2D eigenvalue weighted by molar-refractivity contribution is 7.15. The highest BCUT2D eigenvalue weighted by atomic mass is 35.5. The maximum Gasteiger partial charge on any atom is 0.226 e. The molecule has 24 heavy (non-hydrogen) atoms. The van der Waals surface area contributed by atoms with Crippen molar-refractivity contribution in [1.29, 1.82) is 0 Å². The second kappa shape index (κ2) is 8.55. The normalized spacial score (nSPS) is 15.4. The molecule has 1 saturated heterocycles. The fraction of sp³-hybridized carbons (Fsp3) is 0.471. The predicted octanol–water partition coefficient (Wildman–Crippen LogP) is 3.50. The molecule has 1 amide bonds. The molecule has 0 saturated carbocycles. The van der Waals surface area contributed by atoms with Crippen molar-refractivity contribution in [2.24, 2.45) is 5.92 Å². The first-order chi connectivity index (χ1) is 11.7. The van der Waals surface area contributed by atoms with Crippen molar-refractivity contribution in [2.45, 2.75) is 32.1 Å². The van der Waals surface area contributed by atoms with Crippen molar-refractivity contribution in [3.8, 4) is 0 Å². The van der Waals surface area contributed by atoms with Gasteiger partial charge < -0.3 is 10.6 Å². The van der Waals surface area contributed by atoms with E-state index in [1.807, 2.05) is 24.3 Å². The fourth-order valence-electron chi connectivity index (χ4n) is 2.88. The lowest BCUT2D eigenvalue weighted by atomic mass is 9.93. The van der Waals surface area contributed by atoms with E-state index in [9.17, 15) is 4.79 Å². The van der Waals surface area contributed by atoms with Crippen LogP contribution in [-0.4, -0.2) is 29.2 Å². The number of benzene rings is 1. The minimum absolute atomic E-state index is 0.0268. The number of nitrogens with one attached hydrogen (secondary N) is 2. The number of anilines is 1. The van der Waals surface area contributed by atoms with Gasteiger partial charge >= 0.3 is 0 Å². The molecule has 5 nitrogen and oxygen atoms in total. The van der Waals surface area contributed by atoms with Crippen LogP contribution in [0.1, 0.15) is 36.3 Å². The summed E-state index contributed by atoms with van der Waals surface area (Å²) in [6.45, 7) is 2.13. The molecule has 0 aliphatic carbocycles. The van der Waals surface area contributed by atoms with E-state index in [0.717, 1.165) is 42.9 Å². The molecular weight excluding hydrogens is 344 g/mol. The summed E-state index contributed by atoms with van der Waals surface area (Å²) in [7, 11) is 0. The quantitative estimate of drug-likeness (QED) is 0.823. The molecule has 128 valence electrons. The molecule has 0 atom stereocenters. The smallest absolute Gasteiger partial charge is 0.226 e. The second-order valence-corrected chi connectivity index (χ2v) is 7.59. The zero-order valence-corrected chi connectivity index (χ0v) is 15.0. The highest BCUT2D eigenvalue weighted by Gasteiger charge is 2.15. The lowest BCUT2D eigenvalue weighted by molar-refractivity contribution is -0.116. The number of piperidine rings is 1. The minimum atomic E-state index is 0.0268. The molecule has 0 radical (unpaired) electrons. The van der Waals surface area contributed by atoms with Crippen molar-refractivity contribution in [3.05, 3.63) is 39.9 Å². The van der Waals surface area contributed by atoms with Crippen molar-refractivity contribution in [1.82, 2.24) is 15.5 Å². The van der Waals surface area contributed by atoms with Gasteiger partial charge in [0.1, 0.15) is 5.01 Å². The van der Waals surface area contributed by atoms with Crippen LogP contribution >= 0.6 is 22.9 Å². The lowest BCUT2D eigenvalue weighted by Crippen LogP contribution is -2.28. The maximum absolute atomic E-state index is 12.1. The fourth-order valence-corrected chi connectivity index (χ4v) is 3.89. The Kier molecular flexibility index (Phi) is 6.18. The first-order valence-corrected chi connectivity index (χ1v) is 9.46. The van der Waals surface area contributed by atoms with Crippen LogP contribution in [0, 0.1) is 5.92 Å². The van der Waals surface area contributed by atoms with Crippen LogP contribution in [0.5, 0.6) is 0 Å². The monoisotopic (exact) mass is 364 g/mol. The molecule has 1 aliphatic heterocycles. The van der Waals surface area contributed by atoms with Gasteiger partial charge in [0.15, 0.2) is 0 Å². The molecule has 7 heteroatoms. The number of hydrogen-bond donors (Lipinski definition) is 2. The zero-order valence-electron chi connectivity index (χ0n) is 13.4. The number of hydrogen-bond acceptors (Lipinski definition) is 5. The van der Waals surface area contributed by atoms with Gasteiger partial charge in [0.05, 0.1) is 0 Å². The van der Waals surface area contributed by atoms with Gasteiger partial charge in [-0.15, -0.1) is 10.2 Å². The van der Waals surface area contributed by atoms with E-state index in [1.54, 1.807) is 0 Å². The number of carbonyl (C=O) groups is 1. The third-order valence-corrected chi connectivity index (χ3v) is 5.27. The molecule has 1 aromatic heterocycles. The van der Waals surface area contributed by atoms with Gasteiger partial charge in [0.2, 0.25) is 11.0 Å². The van der Waals surface area contributed by atoms with Crippen LogP contribution in [0.25, 0.3) is 0 Å². The first-order valence-electron chi connectivity index (χ1n) is 8.26. The van der Waals surface area contributed by atoms with E-state index < -0.39 is 0 Å². The third kappa shape index (κ3) is 5.26. The Morgan fingerprint density at radius 3 is 2.96 bits per heavy atom. The number of aromatic nitrogens is 2. The number of carbonyl (C=O) groups excluding carboxylic acids is 1. The largest absolute Gasteiger partial charge is 0.317 e. The van der Waals surface area contributed by atoms with Crippen molar-refractivity contribution in [2.75, 3.05) is 18.4 Å². The van der Waals surface area contributed by atoms with E-state index in [1.165, 1.54) is 11.3 Å². The molecule has 2 aromatic rings. The summed E-state index contributed by atoms with van der Waals surface area (Å²) in [4.78, 5) is 12.1. The molecule has 1 aromatic carbocycles. The molecule has 0 spiro atoms. The second-order valence-electron chi connectivity index (χ2n) is 6.09. The van der Waals surface area contributed by atoms with Gasteiger partial charge in [0.25, 0.3) is 0 Å². The van der Waals surface area contributed by atoms with E-state index >= 15 is 0 Å². The number of rotatable bonds is 6. The molecule has 3 rings (SSSR count). The summed E-state index contributed by atoms with van der Waals surface area (Å²) < 4.78 is 0. The summed E-state index contributed by atoms with van der Waals surface area (Å²) in [6, 6.07) is 7.69. The highest BCUT2D eigenvalue weighted by Crippen LogP contribution is 2.22. The Hall–Kier alpha value is -1.50. The Labute approximate surface area is 150 Å². The van der Waals surface area contributed by atoms with Crippen molar-refractivity contribution in [3.63, 3.8) is 0 Å². The van der Waals surface area contributed by atoms with Gasteiger partial charge in [0, 0.05) is 17.9 Å². The van der Waals surface area contributed by atoms with Crippen LogP contribution in [-0.2, 0) is 11.2 Å². The van der Waals surface area contributed by atoms with Crippen LogP contribution < -0.4 is 10.6 Å². The summed E-state index contributed by atoms with van der Waals surface area (Å²) in [5.74, 6) is 0.684. The number of nitrogens with zero attached hydrogens (tertiary/aromatic N) is 2. The number of halogens is 1. The van der Waals surface area contributed by atoms with Crippen molar-refractivity contribution < 1.29 is 4.79 Å². The van der Waals surface area contributed by atoms with Crippen molar-refractivity contribution >= 4 is 34.0 Å². The Morgan fingerprint density at radius 1 is 1.33 bits per heavy atom. The molecule has 2 N–H and O–H groups in total. The van der Waals surface area contributed by atoms with E-state index in [-0.39, 0.29) is 5.91 Å². The minimum Gasteiger partial charge on any atom is -0.317 e. The van der Waals surface area contributed by atoms with Crippen LogP contribution in [0.3, 0.4) is 0 Å². The van der Waals surface area contributed by atoms with Gasteiger partial charge in [-0.3, -0.25) is 4.79 Å². The average molecular weight is 365 g/mol. The van der Waals surface area contributed by atoms with Crippen LogP contribution in [0.4, 0.5) is 5.13 Å². The summed E-state index contributed by atoms with van der Waals surface area (Å²) in [5.41, 5.74) is 1.09. The van der Waals surface area contributed by atoms with Crippen LogP contribution in [0.15, 0.2) is 24.3 Å². The zero-order chi connectivity index (χ0) is 16.8. The Morgan fingerprint density at radius 2 is 2.17 bits per heavy atom. The SMILES string of the molecule is O=C(CCC1CCNCC1)Nc1nnc(Cc2cccc(Cl)c2)s1. The van der Waals surface area contributed by atoms with Gasteiger partial charge in [-0.1, -0.05) is 35.1 Å². The van der Waals surface area contributed by atoms with E-state index in [2.05, 4.69) is 20.8 Å².